The van der Waals surface area contributed by atoms with E-state index in [1.807, 2.05) is 0 Å². The second-order valence-electron chi connectivity index (χ2n) is 9.77. The maximum Gasteiger partial charge on any atom is 0.0159 e. The highest BCUT2D eigenvalue weighted by Crippen LogP contribution is 2.42. The van der Waals surface area contributed by atoms with Gasteiger partial charge < -0.3 is 5.32 Å². The Hall–Kier alpha value is -0.0800. The number of piperidine rings is 2. The van der Waals surface area contributed by atoms with Gasteiger partial charge in [-0.15, -0.1) is 0 Å². The molecule has 4 rings (SSSR count). The number of nitrogens with one attached hydrogen (secondary N) is 1. The molecule has 0 aromatic carbocycles. The Bertz CT molecular complexity index is 360. The molecule has 21 heavy (non-hydrogen) atoms. The Kier molecular flexibility index (Phi) is 4.16. The van der Waals surface area contributed by atoms with Crippen molar-refractivity contribution in [2.45, 2.75) is 90.8 Å². The molecule has 1 N–H and O–H groups in total. The minimum Gasteiger partial charge on any atom is -0.313 e. The molecule has 2 nitrogen and oxygen atoms in total. The molecule has 3 saturated heterocycles. The monoisotopic (exact) mass is 292 g/mol. The predicted octanol–water partition coefficient (Wildman–Crippen LogP) is 4.05. The summed E-state index contributed by atoms with van der Waals surface area (Å²) in [6.07, 6.45) is 8.65. The van der Waals surface area contributed by atoms with Crippen molar-refractivity contribution in [3.05, 3.63) is 0 Å². The van der Waals surface area contributed by atoms with Crippen LogP contribution >= 0.6 is 0 Å². The van der Waals surface area contributed by atoms with Crippen molar-refractivity contribution in [1.82, 2.24) is 10.2 Å². The zero-order chi connectivity index (χ0) is 15.3. The highest BCUT2D eigenvalue weighted by molar-refractivity contribution is 4.98. The first-order valence-corrected chi connectivity index (χ1v) is 9.26. The number of fused-ring (bicyclic) bond motifs is 3. The average molecular weight is 293 g/mol. The highest BCUT2D eigenvalue weighted by Gasteiger charge is 2.43. The normalized spacial score (nSPS) is 38.1. The molecule has 3 aliphatic heterocycles. The standard InChI is InChI=1S/C19H36N2/c1-18(2,3)17-10-15(12-20-17)11-19(4,5)21-13-14-6-8-16(21)9-7-14/h14-17,20H,6-13H2,1-5H3. The van der Waals surface area contributed by atoms with E-state index in [0.717, 1.165) is 17.9 Å². The van der Waals surface area contributed by atoms with Gasteiger partial charge >= 0.3 is 0 Å². The van der Waals surface area contributed by atoms with E-state index in [2.05, 4.69) is 44.8 Å². The lowest BCUT2D eigenvalue weighted by Gasteiger charge is -2.53. The van der Waals surface area contributed by atoms with Crippen LogP contribution in [0.5, 0.6) is 0 Å². The molecule has 1 saturated carbocycles. The molecular formula is C19H36N2. The second-order valence-corrected chi connectivity index (χ2v) is 9.77. The lowest BCUT2D eigenvalue weighted by atomic mass is 9.75. The molecule has 1 aliphatic carbocycles. The number of nitrogens with zero attached hydrogens (tertiary/aromatic N) is 1. The van der Waals surface area contributed by atoms with Crippen LogP contribution in [0.15, 0.2) is 0 Å². The smallest absolute Gasteiger partial charge is 0.0159 e. The molecule has 0 spiro atoms. The maximum absolute atomic E-state index is 3.79. The molecule has 2 heteroatoms. The summed E-state index contributed by atoms with van der Waals surface area (Å²) in [7, 11) is 0. The maximum atomic E-state index is 3.79. The second kappa shape index (κ2) is 5.53. The van der Waals surface area contributed by atoms with Crippen molar-refractivity contribution >= 4 is 0 Å². The van der Waals surface area contributed by atoms with Gasteiger partial charge in [-0.2, -0.15) is 0 Å². The van der Waals surface area contributed by atoms with Crippen molar-refractivity contribution < 1.29 is 0 Å². The van der Waals surface area contributed by atoms with Gasteiger partial charge in [0.25, 0.3) is 0 Å². The zero-order valence-electron chi connectivity index (χ0n) is 14.9. The molecule has 0 radical (unpaired) electrons. The molecule has 0 aromatic rings. The fourth-order valence-corrected chi connectivity index (χ4v) is 5.26. The van der Waals surface area contributed by atoms with E-state index < -0.39 is 0 Å². The lowest BCUT2D eigenvalue weighted by molar-refractivity contribution is -0.0337. The molecule has 3 heterocycles. The molecule has 0 aromatic heterocycles. The Morgan fingerprint density at radius 3 is 2.14 bits per heavy atom. The van der Waals surface area contributed by atoms with Gasteiger partial charge in [0.1, 0.15) is 0 Å². The number of rotatable bonds is 3. The van der Waals surface area contributed by atoms with E-state index in [9.17, 15) is 0 Å². The van der Waals surface area contributed by atoms with Gasteiger partial charge in [0, 0.05) is 24.2 Å². The van der Waals surface area contributed by atoms with Crippen LogP contribution in [-0.2, 0) is 0 Å². The summed E-state index contributed by atoms with van der Waals surface area (Å²) in [6, 6.07) is 1.59. The summed E-state index contributed by atoms with van der Waals surface area (Å²) < 4.78 is 0. The van der Waals surface area contributed by atoms with Gasteiger partial charge in [-0.05, 0) is 76.2 Å². The molecule has 4 aliphatic rings. The minimum absolute atomic E-state index is 0.392. The first-order valence-electron chi connectivity index (χ1n) is 9.26. The third-order valence-corrected chi connectivity index (χ3v) is 6.55. The number of hydrogen-bond acceptors (Lipinski definition) is 2. The first kappa shape index (κ1) is 15.8. The van der Waals surface area contributed by atoms with Crippen LogP contribution in [0.25, 0.3) is 0 Å². The third kappa shape index (κ3) is 3.32. The lowest BCUT2D eigenvalue weighted by Crippen LogP contribution is -2.57. The summed E-state index contributed by atoms with van der Waals surface area (Å²) in [5.74, 6) is 1.86. The quantitative estimate of drug-likeness (QED) is 0.844. The molecule has 2 bridgehead atoms. The van der Waals surface area contributed by atoms with Crippen molar-refractivity contribution in [3.8, 4) is 0 Å². The minimum atomic E-state index is 0.392. The van der Waals surface area contributed by atoms with E-state index >= 15 is 0 Å². The van der Waals surface area contributed by atoms with Crippen molar-refractivity contribution in [2.75, 3.05) is 13.1 Å². The Balaban J connectivity index is 1.59. The van der Waals surface area contributed by atoms with Crippen LogP contribution in [0.3, 0.4) is 0 Å². The van der Waals surface area contributed by atoms with Crippen LogP contribution in [0.1, 0.15) is 73.1 Å². The average Bonchev–Trinajstić information content (AvgIpc) is 2.88. The summed E-state index contributed by atoms with van der Waals surface area (Å²) in [5.41, 5.74) is 0.798. The van der Waals surface area contributed by atoms with Gasteiger partial charge in [-0.1, -0.05) is 20.8 Å². The van der Waals surface area contributed by atoms with Gasteiger partial charge in [0.2, 0.25) is 0 Å². The van der Waals surface area contributed by atoms with E-state index in [0.29, 0.717) is 17.0 Å². The van der Waals surface area contributed by atoms with Crippen LogP contribution in [0, 0.1) is 17.3 Å². The van der Waals surface area contributed by atoms with Crippen LogP contribution in [0.4, 0.5) is 0 Å². The van der Waals surface area contributed by atoms with E-state index in [-0.39, 0.29) is 0 Å². The molecule has 0 amide bonds. The molecule has 2 atom stereocenters. The van der Waals surface area contributed by atoms with Crippen LogP contribution in [-0.4, -0.2) is 35.6 Å². The molecule has 2 unspecified atom stereocenters. The van der Waals surface area contributed by atoms with Crippen molar-refractivity contribution in [3.63, 3.8) is 0 Å². The molecular weight excluding hydrogens is 256 g/mol. The van der Waals surface area contributed by atoms with Gasteiger partial charge in [-0.3, -0.25) is 4.90 Å². The first-order chi connectivity index (χ1) is 9.75. The van der Waals surface area contributed by atoms with Crippen LogP contribution in [0.2, 0.25) is 0 Å². The van der Waals surface area contributed by atoms with E-state index in [1.165, 1.54) is 51.6 Å². The van der Waals surface area contributed by atoms with Gasteiger partial charge in [0.05, 0.1) is 0 Å². The summed E-state index contributed by atoms with van der Waals surface area (Å²) in [6.45, 7) is 14.8. The Morgan fingerprint density at radius 1 is 1.00 bits per heavy atom. The van der Waals surface area contributed by atoms with E-state index in [1.54, 1.807) is 0 Å². The Morgan fingerprint density at radius 2 is 1.67 bits per heavy atom. The molecule has 4 fully saturated rings. The Labute approximate surface area is 132 Å². The van der Waals surface area contributed by atoms with Crippen LogP contribution < -0.4 is 5.32 Å². The SMILES string of the molecule is CC(C)(C)C1CC(CC(C)(C)N2CC3CCC2CC3)CN1. The fraction of sp³-hybridized carbons (Fsp3) is 1.00. The number of hydrogen-bond donors (Lipinski definition) is 1. The van der Waals surface area contributed by atoms with Crippen molar-refractivity contribution in [2.24, 2.45) is 17.3 Å². The predicted molar refractivity (Wildman–Crippen MR) is 90.5 cm³/mol. The summed E-state index contributed by atoms with van der Waals surface area (Å²) in [5, 5.41) is 3.79. The van der Waals surface area contributed by atoms with Crippen molar-refractivity contribution in [1.29, 1.82) is 0 Å². The summed E-state index contributed by atoms with van der Waals surface area (Å²) in [4.78, 5) is 2.88. The summed E-state index contributed by atoms with van der Waals surface area (Å²) >= 11 is 0. The van der Waals surface area contributed by atoms with Gasteiger partial charge in [-0.25, -0.2) is 0 Å². The third-order valence-electron chi connectivity index (χ3n) is 6.55. The van der Waals surface area contributed by atoms with E-state index in [4.69, 9.17) is 0 Å². The fourth-order valence-electron chi connectivity index (χ4n) is 5.26. The largest absolute Gasteiger partial charge is 0.313 e. The molecule has 122 valence electrons. The topological polar surface area (TPSA) is 15.3 Å². The zero-order valence-corrected chi connectivity index (χ0v) is 14.9. The van der Waals surface area contributed by atoms with Gasteiger partial charge in [0.15, 0.2) is 0 Å². The highest BCUT2D eigenvalue weighted by atomic mass is 15.2.